The van der Waals surface area contributed by atoms with Crippen LogP contribution in [0.4, 0.5) is 5.13 Å². The van der Waals surface area contributed by atoms with Crippen LogP contribution in [0.3, 0.4) is 0 Å². The normalized spacial score (nSPS) is 18.2. The van der Waals surface area contributed by atoms with Gasteiger partial charge in [0.05, 0.1) is 5.69 Å². The van der Waals surface area contributed by atoms with Crippen LogP contribution in [0.5, 0.6) is 0 Å². The Morgan fingerprint density at radius 1 is 1.37 bits per heavy atom. The summed E-state index contributed by atoms with van der Waals surface area (Å²) in [5.41, 5.74) is 1.59. The van der Waals surface area contributed by atoms with Crippen LogP contribution in [0.25, 0.3) is 0 Å². The quantitative estimate of drug-likeness (QED) is 0.864. The number of thiazole rings is 1. The molecule has 0 aromatic carbocycles. The lowest BCUT2D eigenvalue weighted by molar-refractivity contribution is 0.517. The lowest BCUT2D eigenvalue weighted by Gasteiger charge is -2.31. The van der Waals surface area contributed by atoms with E-state index in [0.29, 0.717) is 0 Å². The third-order valence-corrected chi connectivity index (χ3v) is 5.04. The summed E-state index contributed by atoms with van der Waals surface area (Å²) in [4.78, 5) is 8.87. The molecule has 0 saturated carbocycles. The van der Waals surface area contributed by atoms with Gasteiger partial charge in [0, 0.05) is 23.5 Å². The molecule has 1 N–H and O–H groups in total. The zero-order valence-electron chi connectivity index (χ0n) is 12.8. The first kappa shape index (κ1) is 14.8. The second-order valence-electron chi connectivity index (χ2n) is 5.96. The maximum atomic E-state index is 4.93. The zero-order valence-corrected chi connectivity index (χ0v) is 13.6. The molecule has 2 rings (SSSR count). The van der Waals surface area contributed by atoms with Crippen LogP contribution in [0, 0.1) is 0 Å². The van der Waals surface area contributed by atoms with Crippen molar-refractivity contribution in [3.63, 3.8) is 0 Å². The topological polar surface area (TPSA) is 28.2 Å². The van der Waals surface area contributed by atoms with Gasteiger partial charge in [0.15, 0.2) is 5.13 Å². The van der Waals surface area contributed by atoms with Crippen LogP contribution in [0.2, 0.25) is 0 Å². The summed E-state index contributed by atoms with van der Waals surface area (Å²) >= 11 is 1.89. The summed E-state index contributed by atoms with van der Waals surface area (Å²) in [6.45, 7) is 12.2. The van der Waals surface area contributed by atoms with Crippen molar-refractivity contribution in [3.8, 4) is 0 Å². The van der Waals surface area contributed by atoms with Gasteiger partial charge in [0.25, 0.3) is 0 Å². The number of aromatic nitrogens is 1. The summed E-state index contributed by atoms with van der Waals surface area (Å²) < 4.78 is 0. The van der Waals surface area contributed by atoms with Gasteiger partial charge in [-0.15, -0.1) is 11.3 Å². The molecule has 0 atom stereocenters. The molecule has 0 amide bonds. The van der Waals surface area contributed by atoms with E-state index in [1.165, 1.54) is 35.0 Å². The van der Waals surface area contributed by atoms with Gasteiger partial charge in [-0.2, -0.15) is 0 Å². The van der Waals surface area contributed by atoms with E-state index in [1.54, 1.807) is 0 Å². The Bertz CT molecular complexity index is 412. The summed E-state index contributed by atoms with van der Waals surface area (Å²) in [6, 6.07) is 0. The maximum Gasteiger partial charge on any atom is 0.186 e. The molecule has 1 aromatic heterocycles. The highest BCUT2D eigenvalue weighted by Crippen LogP contribution is 2.37. The summed E-state index contributed by atoms with van der Waals surface area (Å²) in [5, 5.41) is 4.67. The van der Waals surface area contributed by atoms with Crippen molar-refractivity contribution in [3.05, 3.63) is 10.6 Å². The van der Waals surface area contributed by atoms with Crippen LogP contribution in [0.1, 0.15) is 57.5 Å². The average molecular weight is 281 g/mol. The smallest absolute Gasteiger partial charge is 0.186 e. The first-order chi connectivity index (χ1) is 9.08. The Hall–Kier alpha value is -0.610. The van der Waals surface area contributed by atoms with E-state index in [1.807, 2.05) is 11.3 Å². The molecule has 3 nitrogen and oxygen atoms in total. The number of nitrogens with one attached hydrogen (secondary N) is 1. The second-order valence-corrected chi connectivity index (χ2v) is 7.03. The van der Waals surface area contributed by atoms with Crippen molar-refractivity contribution in [1.29, 1.82) is 0 Å². The molecular formula is C15H27N3S. The molecule has 108 valence electrons. The number of hydrogen-bond acceptors (Lipinski definition) is 4. The largest absolute Gasteiger partial charge is 0.343 e. The number of anilines is 1. The highest BCUT2D eigenvalue weighted by molar-refractivity contribution is 7.15. The first-order valence-electron chi connectivity index (χ1n) is 7.55. The number of aryl methyl sites for hydroxylation is 1. The van der Waals surface area contributed by atoms with Gasteiger partial charge in [0.2, 0.25) is 0 Å². The molecule has 1 aliphatic rings. The summed E-state index contributed by atoms with van der Waals surface area (Å²) in [5.74, 6) is 0. The fourth-order valence-electron chi connectivity index (χ4n) is 2.76. The van der Waals surface area contributed by atoms with Gasteiger partial charge in [-0.25, -0.2) is 4.98 Å². The van der Waals surface area contributed by atoms with Gasteiger partial charge in [-0.3, -0.25) is 0 Å². The molecule has 4 heteroatoms. The lowest BCUT2D eigenvalue weighted by Crippen LogP contribution is -2.38. The molecule has 0 spiro atoms. The minimum atomic E-state index is 0.275. The summed E-state index contributed by atoms with van der Waals surface area (Å²) in [6.07, 6.45) is 4.84. The van der Waals surface area contributed by atoms with Crippen LogP contribution in [-0.2, 0) is 13.0 Å². The standard InChI is InChI=1S/C15H27N3S/c1-5-8-12-13(11-16-6-2)19-14(17-12)18-10-7-9-15(18,3)4/h16H,5-11H2,1-4H3. The lowest BCUT2D eigenvalue weighted by atomic mass is 10.0. The van der Waals surface area contributed by atoms with Crippen molar-refractivity contribution in [2.75, 3.05) is 18.0 Å². The number of hydrogen-bond donors (Lipinski definition) is 1. The molecule has 1 aliphatic heterocycles. The number of nitrogens with zero attached hydrogens (tertiary/aromatic N) is 2. The molecule has 2 heterocycles. The second kappa shape index (κ2) is 6.23. The average Bonchev–Trinajstić information content (AvgIpc) is 2.90. The minimum absolute atomic E-state index is 0.275. The molecule has 1 saturated heterocycles. The van der Waals surface area contributed by atoms with Gasteiger partial charge >= 0.3 is 0 Å². The Morgan fingerprint density at radius 2 is 2.16 bits per heavy atom. The van der Waals surface area contributed by atoms with Gasteiger partial charge in [-0.05, 0) is 39.7 Å². The van der Waals surface area contributed by atoms with Crippen molar-refractivity contribution in [1.82, 2.24) is 10.3 Å². The summed E-state index contributed by atoms with van der Waals surface area (Å²) in [7, 11) is 0. The van der Waals surface area contributed by atoms with Crippen LogP contribution < -0.4 is 10.2 Å². The number of rotatable bonds is 6. The van der Waals surface area contributed by atoms with Crippen molar-refractivity contribution in [2.24, 2.45) is 0 Å². The molecule has 1 fully saturated rings. The molecular weight excluding hydrogens is 254 g/mol. The molecule has 0 bridgehead atoms. The zero-order chi connectivity index (χ0) is 13.9. The van der Waals surface area contributed by atoms with E-state index in [0.717, 1.165) is 26.1 Å². The Labute approximate surface area is 121 Å². The molecule has 19 heavy (non-hydrogen) atoms. The highest BCUT2D eigenvalue weighted by Gasteiger charge is 2.34. The van der Waals surface area contributed by atoms with Crippen LogP contribution in [-0.4, -0.2) is 23.6 Å². The molecule has 1 aromatic rings. The fraction of sp³-hybridized carbons (Fsp3) is 0.800. The monoisotopic (exact) mass is 281 g/mol. The van der Waals surface area contributed by atoms with E-state index >= 15 is 0 Å². The van der Waals surface area contributed by atoms with Crippen molar-refractivity contribution >= 4 is 16.5 Å². The Balaban J connectivity index is 2.21. The molecule has 0 aliphatic carbocycles. The van der Waals surface area contributed by atoms with Gasteiger partial charge in [0.1, 0.15) is 0 Å². The predicted molar refractivity (Wildman–Crippen MR) is 84.1 cm³/mol. The van der Waals surface area contributed by atoms with Gasteiger partial charge in [-0.1, -0.05) is 20.3 Å². The fourth-order valence-corrected chi connectivity index (χ4v) is 4.02. The minimum Gasteiger partial charge on any atom is -0.343 e. The van der Waals surface area contributed by atoms with Gasteiger partial charge < -0.3 is 10.2 Å². The molecule has 0 unspecified atom stereocenters. The van der Waals surface area contributed by atoms with E-state index < -0.39 is 0 Å². The van der Waals surface area contributed by atoms with E-state index in [4.69, 9.17) is 4.98 Å². The maximum absolute atomic E-state index is 4.93. The first-order valence-corrected chi connectivity index (χ1v) is 8.37. The van der Waals surface area contributed by atoms with E-state index in [2.05, 4.69) is 37.9 Å². The SMILES string of the molecule is CCCc1nc(N2CCCC2(C)C)sc1CNCC. The Morgan fingerprint density at radius 3 is 2.74 bits per heavy atom. The van der Waals surface area contributed by atoms with Crippen molar-refractivity contribution in [2.45, 2.75) is 65.5 Å². The van der Waals surface area contributed by atoms with Crippen molar-refractivity contribution < 1.29 is 0 Å². The third kappa shape index (κ3) is 3.29. The predicted octanol–water partition coefficient (Wildman–Crippen LogP) is 3.58. The third-order valence-electron chi connectivity index (χ3n) is 3.92. The Kier molecular flexibility index (Phi) is 4.85. The van der Waals surface area contributed by atoms with E-state index in [9.17, 15) is 0 Å². The van der Waals surface area contributed by atoms with Crippen LogP contribution in [0.15, 0.2) is 0 Å². The molecule has 0 radical (unpaired) electrons. The highest BCUT2D eigenvalue weighted by atomic mass is 32.1. The van der Waals surface area contributed by atoms with E-state index in [-0.39, 0.29) is 5.54 Å². The van der Waals surface area contributed by atoms with Crippen LogP contribution >= 0.6 is 11.3 Å².